The van der Waals surface area contributed by atoms with Gasteiger partial charge in [0.05, 0.1) is 0 Å². The summed E-state index contributed by atoms with van der Waals surface area (Å²) in [4.78, 5) is 2.86. The van der Waals surface area contributed by atoms with Crippen LogP contribution >= 0.6 is 0 Å². The van der Waals surface area contributed by atoms with Gasteiger partial charge in [-0.25, -0.2) is 0 Å². The molecule has 3 atom stereocenters. The molecule has 2 heterocycles. The van der Waals surface area contributed by atoms with Crippen molar-refractivity contribution in [2.24, 2.45) is 5.92 Å². The van der Waals surface area contributed by atoms with Crippen LogP contribution in [0.3, 0.4) is 0 Å². The van der Waals surface area contributed by atoms with Crippen LogP contribution in [0, 0.1) is 5.92 Å². The third kappa shape index (κ3) is 2.39. The van der Waals surface area contributed by atoms with Crippen LogP contribution in [-0.4, -0.2) is 36.1 Å². The van der Waals surface area contributed by atoms with Crippen molar-refractivity contribution in [2.75, 3.05) is 13.1 Å². The Morgan fingerprint density at radius 2 is 1.82 bits per heavy atom. The van der Waals surface area contributed by atoms with Gasteiger partial charge in [0, 0.05) is 18.1 Å². The van der Waals surface area contributed by atoms with E-state index in [1.807, 2.05) is 0 Å². The Balaban J connectivity index is 1.63. The zero-order chi connectivity index (χ0) is 11.7. The van der Waals surface area contributed by atoms with Gasteiger partial charge < -0.3 is 5.32 Å². The highest BCUT2D eigenvalue weighted by Crippen LogP contribution is 2.35. The number of hydrogen-bond donors (Lipinski definition) is 1. The standard InChI is InChI=1S/C15H28N2/c1-12(13-6-2-3-7-13)17-11-5-9-15(17)14-8-4-10-16-14/h12-16H,2-11H2,1H3. The van der Waals surface area contributed by atoms with E-state index in [0.717, 1.165) is 24.0 Å². The summed E-state index contributed by atoms with van der Waals surface area (Å²) >= 11 is 0. The van der Waals surface area contributed by atoms with Gasteiger partial charge in [-0.2, -0.15) is 0 Å². The van der Waals surface area contributed by atoms with Crippen molar-refractivity contribution in [1.82, 2.24) is 10.2 Å². The Kier molecular flexibility index (Phi) is 3.72. The van der Waals surface area contributed by atoms with Crippen LogP contribution in [0.5, 0.6) is 0 Å². The van der Waals surface area contributed by atoms with Gasteiger partial charge in [0.1, 0.15) is 0 Å². The van der Waals surface area contributed by atoms with Gasteiger partial charge >= 0.3 is 0 Å². The van der Waals surface area contributed by atoms with E-state index in [4.69, 9.17) is 0 Å². The molecule has 17 heavy (non-hydrogen) atoms. The molecule has 0 bridgehead atoms. The van der Waals surface area contributed by atoms with Crippen LogP contribution < -0.4 is 5.32 Å². The van der Waals surface area contributed by atoms with Gasteiger partial charge in [-0.3, -0.25) is 4.90 Å². The van der Waals surface area contributed by atoms with Gasteiger partial charge in [0.25, 0.3) is 0 Å². The molecule has 0 radical (unpaired) electrons. The van der Waals surface area contributed by atoms with Gasteiger partial charge in [-0.1, -0.05) is 12.8 Å². The molecule has 2 aliphatic heterocycles. The van der Waals surface area contributed by atoms with E-state index in [0.29, 0.717) is 0 Å². The van der Waals surface area contributed by atoms with Crippen molar-refractivity contribution < 1.29 is 0 Å². The number of rotatable bonds is 3. The number of nitrogens with zero attached hydrogens (tertiary/aromatic N) is 1. The lowest BCUT2D eigenvalue weighted by Gasteiger charge is -2.37. The van der Waals surface area contributed by atoms with Crippen LogP contribution in [0.2, 0.25) is 0 Å². The fraction of sp³-hybridized carbons (Fsp3) is 1.00. The van der Waals surface area contributed by atoms with Gasteiger partial charge in [-0.15, -0.1) is 0 Å². The van der Waals surface area contributed by atoms with Crippen LogP contribution in [0.25, 0.3) is 0 Å². The summed E-state index contributed by atoms with van der Waals surface area (Å²) in [6, 6.07) is 2.50. The van der Waals surface area contributed by atoms with Crippen molar-refractivity contribution in [3.8, 4) is 0 Å². The molecule has 2 heteroatoms. The van der Waals surface area contributed by atoms with Crippen LogP contribution in [0.1, 0.15) is 58.3 Å². The molecule has 2 nitrogen and oxygen atoms in total. The van der Waals surface area contributed by atoms with Gasteiger partial charge in [-0.05, 0) is 64.5 Å². The van der Waals surface area contributed by atoms with Crippen molar-refractivity contribution in [3.05, 3.63) is 0 Å². The minimum atomic E-state index is 0.807. The number of hydrogen-bond acceptors (Lipinski definition) is 2. The van der Waals surface area contributed by atoms with Crippen LogP contribution in [-0.2, 0) is 0 Å². The first-order valence-electron chi connectivity index (χ1n) is 7.85. The summed E-state index contributed by atoms with van der Waals surface area (Å²) in [7, 11) is 0. The third-order valence-corrected chi connectivity index (χ3v) is 5.51. The molecule has 1 N–H and O–H groups in total. The molecule has 0 aromatic heterocycles. The van der Waals surface area contributed by atoms with E-state index in [2.05, 4.69) is 17.1 Å². The fourth-order valence-corrected chi connectivity index (χ4v) is 4.50. The molecular formula is C15H28N2. The van der Waals surface area contributed by atoms with Gasteiger partial charge in [0.2, 0.25) is 0 Å². The highest BCUT2D eigenvalue weighted by molar-refractivity contribution is 4.95. The lowest BCUT2D eigenvalue weighted by Crippen LogP contribution is -2.49. The number of likely N-dealkylation sites (tertiary alicyclic amines) is 1. The number of nitrogens with one attached hydrogen (secondary N) is 1. The quantitative estimate of drug-likeness (QED) is 0.810. The van der Waals surface area contributed by atoms with E-state index in [-0.39, 0.29) is 0 Å². The van der Waals surface area contributed by atoms with Crippen molar-refractivity contribution in [2.45, 2.75) is 76.4 Å². The minimum Gasteiger partial charge on any atom is -0.312 e. The van der Waals surface area contributed by atoms with E-state index in [1.54, 1.807) is 0 Å². The van der Waals surface area contributed by atoms with Crippen molar-refractivity contribution in [1.29, 1.82) is 0 Å². The Labute approximate surface area is 106 Å². The zero-order valence-corrected chi connectivity index (χ0v) is 11.3. The Hall–Kier alpha value is -0.0800. The second-order valence-electron chi connectivity index (χ2n) is 6.44. The van der Waals surface area contributed by atoms with Crippen molar-refractivity contribution >= 4 is 0 Å². The van der Waals surface area contributed by atoms with E-state index in [9.17, 15) is 0 Å². The first-order chi connectivity index (χ1) is 8.36. The molecule has 1 aliphatic carbocycles. The Morgan fingerprint density at radius 3 is 2.53 bits per heavy atom. The third-order valence-electron chi connectivity index (χ3n) is 5.51. The predicted molar refractivity (Wildman–Crippen MR) is 72.2 cm³/mol. The first-order valence-corrected chi connectivity index (χ1v) is 7.85. The molecule has 3 aliphatic rings. The molecule has 3 rings (SSSR count). The van der Waals surface area contributed by atoms with E-state index >= 15 is 0 Å². The molecule has 0 aromatic carbocycles. The summed E-state index contributed by atoms with van der Waals surface area (Å²) in [5, 5.41) is 3.73. The molecule has 3 fully saturated rings. The maximum atomic E-state index is 3.73. The smallest absolute Gasteiger partial charge is 0.0252 e. The predicted octanol–water partition coefficient (Wildman–Crippen LogP) is 2.78. The summed E-state index contributed by atoms with van der Waals surface area (Å²) < 4.78 is 0. The van der Waals surface area contributed by atoms with E-state index < -0.39 is 0 Å². The Morgan fingerprint density at radius 1 is 1.00 bits per heavy atom. The zero-order valence-electron chi connectivity index (χ0n) is 11.3. The summed E-state index contributed by atoms with van der Waals surface area (Å²) in [6.45, 7) is 5.12. The van der Waals surface area contributed by atoms with E-state index in [1.165, 1.54) is 64.5 Å². The largest absolute Gasteiger partial charge is 0.312 e. The SMILES string of the molecule is CC(C1CCCC1)N1CCCC1C1CCCN1. The normalized spacial score (nSPS) is 37.9. The summed E-state index contributed by atoms with van der Waals surface area (Å²) in [5.41, 5.74) is 0. The van der Waals surface area contributed by atoms with Crippen molar-refractivity contribution in [3.63, 3.8) is 0 Å². The molecule has 0 amide bonds. The first kappa shape index (κ1) is 12.0. The molecule has 0 aromatic rings. The second kappa shape index (κ2) is 5.27. The lowest BCUT2D eigenvalue weighted by atomic mass is 9.95. The highest BCUT2D eigenvalue weighted by atomic mass is 15.2. The average Bonchev–Trinajstić information content (AvgIpc) is 3.09. The van der Waals surface area contributed by atoms with Gasteiger partial charge in [0.15, 0.2) is 0 Å². The average molecular weight is 236 g/mol. The lowest BCUT2D eigenvalue weighted by molar-refractivity contribution is 0.121. The van der Waals surface area contributed by atoms with Crippen LogP contribution in [0.15, 0.2) is 0 Å². The summed E-state index contributed by atoms with van der Waals surface area (Å²) in [5.74, 6) is 0.997. The molecule has 2 saturated heterocycles. The monoisotopic (exact) mass is 236 g/mol. The highest BCUT2D eigenvalue weighted by Gasteiger charge is 2.38. The maximum absolute atomic E-state index is 3.73. The molecule has 1 saturated carbocycles. The maximum Gasteiger partial charge on any atom is 0.0252 e. The molecular weight excluding hydrogens is 208 g/mol. The Bertz CT molecular complexity index is 241. The molecule has 98 valence electrons. The molecule has 0 spiro atoms. The minimum absolute atomic E-state index is 0.807. The topological polar surface area (TPSA) is 15.3 Å². The second-order valence-corrected chi connectivity index (χ2v) is 6.44. The fourth-order valence-electron chi connectivity index (χ4n) is 4.50. The summed E-state index contributed by atoms with van der Waals surface area (Å²) in [6.07, 6.45) is 11.6. The molecule has 3 unspecified atom stereocenters. The van der Waals surface area contributed by atoms with Crippen LogP contribution in [0.4, 0.5) is 0 Å².